The minimum Gasteiger partial charge on any atom is -0.330 e. The first-order valence-electron chi connectivity index (χ1n) is 7.90. The van der Waals surface area contributed by atoms with Crippen molar-refractivity contribution in [3.05, 3.63) is 99.5 Å². The molecule has 0 aliphatic carbocycles. The van der Waals surface area contributed by atoms with E-state index < -0.39 is 0 Å². The van der Waals surface area contributed by atoms with E-state index in [0.29, 0.717) is 28.7 Å². The van der Waals surface area contributed by atoms with E-state index in [0.717, 1.165) is 11.1 Å². The van der Waals surface area contributed by atoms with Crippen molar-refractivity contribution in [2.24, 2.45) is 0 Å². The summed E-state index contributed by atoms with van der Waals surface area (Å²) in [5.74, 6) is -0.610. The molecule has 0 aliphatic rings. The Labute approximate surface area is 161 Å². The second-order valence-corrected chi connectivity index (χ2v) is 6.61. The van der Waals surface area contributed by atoms with Gasteiger partial charge in [-0.25, -0.2) is 4.39 Å². The van der Waals surface area contributed by atoms with Gasteiger partial charge in [0, 0.05) is 41.1 Å². The highest BCUT2D eigenvalue weighted by Crippen LogP contribution is 2.24. The van der Waals surface area contributed by atoms with Crippen molar-refractivity contribution >= 4 is 29.1 Å². The lowest BCUT2D eigenvalue weighted by Crippen LogP contribution is -2.30. The van der Waals surface area contributed by atoms with Crippen LogP contribution in [0.1, 0.15) is 21.5 Å². The molecular weight excluding hydrogens is 374 g/mol. The van der Waals surface area contributed by atoms with Crippen LogP contribution < -0.4 is 0 Å². The van der Waals surface area contributed by atoms with Gasteiger partial charge < -0.3 is 4.90 Å². The van der Waals surface area contributed by atoms with E-state index in [9.17, 15) is 9.18 Å². The van der Waals surface area contributed by atoms with Crippen molar-refractivity contribution in [1.82, 2.24) is 9.88 Å². The first-order valence-corrected chi connectivity index (χ1v) is 8.66. The molecule has 0 bridgehead atoms. The summed E-state index contributed by atoms with van der Waals surface area (Å²) in [6, 6.07) is 14.3. The van der Waals surface area contributed by atoms with Gasteiger partial charge in [0.05, 0.1) is 0 Å². The summed E-state index contributed by atoms with van der Waals surface area (Å²) in [4.78, 5) is 18.7. The second kappa shape index (κ2) is 8.30. The third kappa shape index (κ3) is 4.59. The van der Waals surface area contributed by atoms with Gasteiger partial charge in [0.1, 0.15) is 5.82 Å². The molecular formula is C20H15Cl2FN2O. The number of carbonyl (C=O) groups is 1. The SMILES string of the molecule is O=C(c1ccc(F)cc1)N(Cc1cccnc1)Cc1ccc(Cl)cc1Cl. The zero-order valence-corrected chi connectivity index (χ0v) is 15.2. The van der Waals surface area contributed by atoms with Crippen molar-refractivity contribution in [1.29, 1.82) is 0 Å². The first-order chi connectivity index (χ1) is 12.5. The van der Waals surface area contributed by atoms with E-state index in [-0.39, 0.29) is 11.7 Å². The lowest BCUT2D eigenvalue weighted by Gasteiger charge is -2.23. The molecule has 6 heteroatoms. The van der Waals surface area contributed by atoms with Crippen LogP contribution in [0.4, 0.5) is 4.39 Å². The van der Waals surface area contributed by atoms with Gasteiger partial charge in [-0.05, 0) is 53.6 Å². The molecule has 26 heavy (non-hydrogen) atoms. The van der Waals surface area contributed by atoms with Gasteiger partial charge in [-0.3, -0.25) is 9.78 Å². The quantitative estimate of drug-likeness (QED) is 0.588. The summed E-state index contributed by atoms with van der Waals surface area (Å²) in [6.07, 6.45) is 3.38. The van der Waals surface area contributed by atoms with Gasteiger partial charge in [0.15, 0.2) is 0 Å². The Balaban J connectivity index is 1.90. The van der Waals surface area contributed by atoms with Crippen molar-refractivity contribution < 1.29 is 9.18 Å². The lowest BCUT2D eigenvalue weighted by atomic mass is 10.1. The number of amides is 1. The molecule has 132 valence electrons. The van der Waals surface area contributed by atoms with Crippen LogP contribution in [0.3, 0.4) is 0 Å². The number of nitrogens with zero attached hydrogens (tertiary/aromatic N) is 2. The second-order valence-electron chi connectivity index (χ2n) is 5.77. The molecule has 0 spiro atoms. The average Bonchev–Trinajstić information content (AvgIpc) is 2.64. The van der Waals surface area contributed by atoms with Crippen LogP contribution in [0, 0.1) is 5.82 Å². The molecule has 1 amide bonds. The summed E-state index contributed by atoms with van der Waals surface area (Å²) >= 11 is 12.2. The van der Waals surface area contributed by atoms with Gasteiger partial charge in [-0.15, -0.1) is 0 Å². The smallest absolute Gasteiger partial charge is 0.254 e. The summed E-state index contributed by atoms with van der Waals surface area (Å²) in [6.45, 7) is 0.643. The molecule has 0 saturated heterocycles. The molecule has 3 rings (SSSR count). The predicted molar refractivity (Wildman–Crippen MR) is 101 cm³/mol. The van der Waals surface area contributed by atoms with E-state index in [1.807, 2.05) is 12.1 Å². The number of pyridine rings is 1. The molecule has 1 aromatic heterocycles. The number of aromatic nitrogens is 1. The van der Waals surface area contributed by atoms with Crippen LogP contribution in [0.5, 0.6) is 0 Å². The maximum Gasteiger partial charge on any atom is 0.254 e. The fraction of sp³-hybridized carbons (Fsp3) is 0.100. The third-order valence-corrected chi connectivity index (χ3v) is 4.44. The van der Waals surface area contributed by atoms with Crippen LogP contribution in [0.15, 0.2) is 67.0 Å². The first kappa shape index (κ1) is 18.4. The van der Waals surface area contributed by atoms with Crippen molar-refractivity contribution in [3.63, 3.8) is 0 Å². The minimum atomic E-state index is -0.388. The number of halogens is 3. The molecule has 0 fully saturated rings. The van der Waals surface area contributed by atoms with Crippen LogP contribution in [0.25, 0.3) is 0 Å². The highest BCUT2D eigenvalue weighted by Gasteiger charge is 2.18. The molecule has 3 aromatic rings. The van der Waals surface area contributed by atoms with Crippen LogP contribution in [-0.4, -0.2) is 15.8 Å². The zero-order chi connectivity index (χ0) is 18.5. The minimum absolute atomic E-state index is 0.222. The summed E-state index contributed by atoms with van der Waals surface area (Å²) in [5.41, 5.74) is 2.06. The van der Waals surface area contributed by atoms with Gasteiger partial charge in [-0.2, -0.15) is 0 Å². The van der Waals surface area contributed by atoms with Gasteiger partial charge in [0.25, 0.3) is 5.91 Å². The summed E-state index contributed by atoms with van der Waals surface area (Å²) < 4.78 is 13.2. The normalized spacial score (nSPS) is 10.6. The molecule has 0 atom stereocenters. The van der Waals surface area contributed by atoms with Gasteiger partial charge in [-0.1, -0.05) is 35.3 Å². The molecule has 0 aliphatic heterocycles. The Morgan fingerprint density at radius 1 is 1.04 bits per heavy atom. The highest BCUT2D eigenvalue weighted by molar-refractivity contribution is 6.35. The topological polar surface area (TPSA) is 33.2 Å². The number of benzene rings is 2. The molecule has 0 unspecified atom stereocenters. The molecule has 2 aromatic carbocycles. The van der Waals surface area contributed by atoms with Gasteiger partial charge >= 0.3 is 0 Å². The maximum absolute atomic E-state index is 13.2. The van der Waals surface area contributed by atoms with Crippen LogP contribution >= 0.6 is 23.2 Å². The Kier molecular flexibility index (Phi) is 5.86. The van der Waals surface area contributed by atoms with Gasteiger partial charge in [0.2, 0.25) is 0 Å². The number of hydrogen-bond acceptors (Lipinski definition) is 2. The van der Waals surface area contributed by atoms with Crippen LogP contribution in [-0.2, 0) is 13.1 Å². The molecule has 0 N–H and O–H groups in total. The molecule has 3 nitrogen and oxygen atoms in total. The van der Waals surface area contributed by atoms with E-state index >= 15 is 0 Å². The highest BCUT2D eigenvalue weighted by atomic mass is 35.5. The number of hydrogen-bond donors (Lipinski definition) is 0. The van der Waals surface area contributed by atoms with Crippen molar-refractivity contribution in [2.45, 2.75) is 13.1 Å². The van der Waals surface area contributed by atoms with E-state index in [4.69, 9.17) is 23.2 Å². The van der Waals surface area contributed by atoms with Crippen molar-refractivity contribution in [2.75, 3.05) is 0 Å². The molecule has 0 saturated carbocycles. The number of carbonyl (C=O) groups excluding carboxylic acids is 1. The largest absolute Gasteiger partial charge is 0.330 e. The summed E-state index contributed by atoms with van der Waals surface area (Å²) in [5, 5.41) is 1.02. The standard InChI is InChI=1S/C20H15Cl2FN2O/c21-17-6-3-16(19(22)10-17)13-25(12-14-2-1-9-24-11-14)20(26)15-4-7-18(23)8-5-15/h1-11H,12-13H2. The molecule has 1 heterocycles. The Morgan fingerprint density at radius 2 is 1.81 bits per heavy atom. The third-order valence-electron chi connectivity index (χ3n) is 3.85. The monoisotopic (exact) mass is 388 g/mol. The Bertz CT molecular complexity index is 901. The predicted octanol–water partition coefficient (Wildman–Crippen LogP) is 5.37. The summed E-state index contributed by atoms with van der Waals surface area (Å²) in [7, 11) is 0. The van der Waals surface area contributed by atoms with E-state index in [1.165, 1.54) is 24.3 Å². The molecule has 0 radical (unpaired) electrons. The van der Waals surface area contributed by atoms with Crippen molar-refractivity contribution in [3.8, 4) is 0 Å². The van der Waals surface area contributed by atoms with Crippen LogP contribution in [0.2, 0.25) is 10.0 Å². The van der Waals surface area contributed by atoms with E-state index in [2.05, 4.69) is 4.98 Å². The Morgan fingerprint density at radius 3 is 2.46 bits per heavy atom. The zero-order valence-electron chi connectivity index (χ0n) is 13.7. The average molecular weight is 389 g/mol. The number of rotatable bonds is 5. The fourth-order valence-electron chi connectivity index (χ4n) is 2.54. The van der Waals surface area contributed by atoms with E-state index in [1.54, 1.807) is 35.5 Å². The maximum atomic E-state index is 13.2. The fourth-order valence-corrected chi connectivity index (χ4v) is 3.01. The Hall–Kier alpha value is -2.43. The lowest BCUT2D eigenvalue weighted by molar-refractivity contribution is 0.0730.